The van der Waals surface area contributed by atoms with Crippen molar-refractivity contribution >= 4 is 56.8 Å². The molecule has 1 aliphatic heterocycles. The highest BCUT2D eigenvalue weighted by molar-refractivity contribution is 7.99. The number of anilines is 2. The van der Waals surface area contributed by atoms with Crippen molar-refractivity contribution in [3.8, 4) is 0 Å². The first kappa shape index (κ1) is 13.5. The average Bonchev–Trinajstić information content (AvgIpc) is 2.43. The normalized spacial score (nSPS) is 12.1. The minimum Gasteiger partial charge on any atom is -0.354 e. The van der Waals surface area contributed by atoms with Gasteiger partial charge >= 0.3 is 0 Å². The Bertz CT molecular complexity index is 684. The summed E-state index contributed by atoms with van der Waals surface area (Å²) < 4.78 is 0. The van der Waals surface area contributed by atoms with E-state index in [4.69, 9.17) is 23.2 Å². The van der Waals surface area contributed by atoms with Crippen LogP contribution < -0.4 is 5.32 Å². The number of carbonyl (C=O) groups is 2. The van der Waals surface area contributed by atoms with E-state index in [1.54, 1.807) is 36.0 Å². The van der Waals surface area contributed by atoms with Crippen molar-refractivity contribution in [3.05, 3.63) is 47.5 Å². The fourth-order valence-corrected chi connectivity index (χ4v) is 3.13. The summed E-state index contributed by atoms with van der Waals surface area (Å²) in [6.45, 7) is 0. The van der Waals surface area contributed by atoms with Gasteiger partial charge in [0.15, 0.2) is 0 Å². The molecular weight excluding hydrogens is 317 g/mol. The Balaban J connectivity index is 2.03. The molecule has 20 heavy (non-hydrogen) atoms. The Morgan fingerprint density at radius 1 is 0.850 bits per heavy atom. The van der Waals surface area contributed by atoms with E-state index in [0.717, 1.165) is 21.2 Å². The van der Waals surface area contributed by atoms with Gasteiger partial charge in [-0.25, -0.2) is 0 Å². The highest BCUT2D eigenvalue weighted by Gasteiger charge is 2.18. The molecule has 1 aliphatic rings. The number of rotatable bonds is 2. The fraction of sp³-hybridized carbons (Fsp3) is 0. The monoisotopic (exact) mass is 323 g/mol. The Labute approximate surface area is 129 Å². The first-order chi connectivity index (χ1) is 9.54. The average molecular weight is 324 g/mol. The summed E-state index contributed by atoms with van der Waals surface area (Å²) in [5.74, 6) is 0. The molecule has 2 aromatic carbocycles. The van der Waals surface area contributed by atoms with Crippen molar-refractivity contribution in [3.63, 3.8) is 0 Å². The molecule has 3 rings (SSSR count). The Kier molecular flexibility index (Phi) is 3.46. The number of benzene rings is 2. The second kappa shape index (κ2) is 5.13. The van der Waals surface area contributed by atoms with Gasteiger partial charge in [0.25, 0.3) is 10.5 Å². The molecule has 0 amide bonds. The van der Waals surface area contributed by atoms with Crippen LogP contribution in [0.4, 0.5) is 11.4 Å². The van der Waals surface area contributed by atoms with Crippen LogP contribution in [-0.4, -0.2) is 10.5 Å². The summed E-state index contributed by atoms with van der Waals surface area (Å²) in [6.07, 6.45) is 0. The SMILES string of the molecule is O=C(Cl)c1ccc2c(c1)Nc1cc(C(=O)Cl)ccc1S2. The van der Waals surface area contributed by atoms with Gasteiger partial charge in [-0.05, 0) is 59.6 Å². The van der Waals surface area contributed by atoms with E-state index in [1.807, 2.05) is 12.1 Å². The zero-order valence-electron chi connectivity index (χ0n) is 9.94. The second-order valence-corrected chi connectivity index (χ2v) is 5.97. The van der Waals surface area contributed by atoms with Gasteiger partial charge in [0, 0.05) is 20.9 Å². The van der Waals surface area contributed by atoms with Crippen molar-refractivity contribution in [2.45, 2.75) is 9.79 Å². The number of halogens is 2. The Morgan fingerprint density at radius 3 is 1.70 bits per heavy atom. The Morgan fingerprint density at radius 2 is 1.30 bits per heavy atom. The summed E-state index contributed by atoms with van der Waals surface area (Å²) in [6, 6.07) is 10.4. The van der Waals surface area contributed by atoms with Crippen LogP contribution in [0.5, 0.6) is 0 Å². The molecule has 0 fully saturated rings. The van der Waals surface area contributed by atoms with E-state index in [-0.39, 0.29) is 0 Å². The molecule has 2 aromatic rings. The van der Waals surface area contributed by atoms with E-state index in [1.165, 1.54) is 0 Å². The van der Waals surface area contributed by atoms with Gasteiger partial charge < -0.3 is 5.32 Å². The summed E-state index contributed by atoms with van der Waals surface area (Å²) in [5.41, 5.74) is 2.42. The molecule has 1 heterocycles. The smallest absolute Gasteiger partial charge is 0.252 e. The largest absolute Gasteiger partial charge is 0.354 e. The van der Waals surface area contributed by atoms with Gasteiger partial charge in [0.05, 0.1) is 11.4 Å². The van der Waals surface area contributed by atoms with Crippen LogP contribution in [-0.2, 0) is 0 Å². The topological polar surface area (TPSA) is 46.2 Å². The lowest BCUT2D eigenvalue weighted by atomic mass is 10.1. The zero-order chi connectivity index (χ0) is 14.3. The predicted molar refractivity (Wildman–Crippen MR) is 80.7 cm³/mol. The first-order valence-electron chi connectivity index (χ1n) is 5.67. The maximum Gasteiger partial charge on any atom is 0.252 e. The molecule has 0 saturated heterocycles. The lowest BCUT2D eigenvalue weighted by molar-refractivity contribution is 0.107. The maximum atomic E-state index is 11.2. The van der Waals surface area contributed by atoms with Crippen molar-refractivity contribution in [2.24, 2.45) is 0 Å². The van der Waals surface area contributed by atoms with E-state index >= 15 is 0 Å². The van der Waals surface area contributed by atoms with Crippen LogP contribution >= 0.6 is 35.0 Å². The van der Waals surface area contributed by atoms with Crippen molar-refractivity contribution in [1.82, 2.24) is 0 Å². The highest BCUT2D eigenvalue weighted by atomic mass is 35.5. The van der Waals surface area contributed by atoms with E-state index in [0.29, 0.717) is 11.1 Å². The third kappa shape index (κ3) is 2.42. The van der Waals surface area contributed by atoms with Crippen LogP contribution in [0.1, 0.15) is 20.7 Å². The molecule has 0 unspecified atom stereocenters. The van der Waals surface area contributed by atoms with E-state index < -0.39 is 10.5 Å². The molecule has 6 heteroatoms. The van der Waals surface area contributed by atoms with E-state index in [9.17, 15) is 9.59 Å². The summed E-state index contributed by atoms with van der Waals surface area (Å²) in [7, 11) is 0. The summed E-state index contributed by atoms with van der Waals surface area (Å²) in [4.78, 5) is 24.4. The molecule has 0 atom stereocenters. The minimum atomic E-state index is -0.505. The van der Waals surface area contributed by atoms with Gasteiger partial charge in [-0.15, -0.1) is 0 Å². The summed E-state index contributed by atoms with van der Waals surface area (Å²) in [5, 5.41) is 2.18. The molecule has 0 aromatic heterocycles. The van der Waals surface area contributed by atoms with Gasteiger partial charge in [0.1, 0.15) is 0 Å². The van der Waals surface area contributed by atoms with Crippen molar-refractivity contribution in [1.29, 1.82) is 0 Å². The highest BCUT2D eigenvalue weighted by Crippen LogP contribution is 2.44. The van der Waals surface area contributed by atoms with Crippen LogP contribution in [0.3, 0.4) is 0 Å². The van der Waals surface area contributed by atoms with Gasteiger partial charge in [-0.1, -0.05) is 11.8 Å². The minimum absolute atomic E-state index is 0.423. The summed E-state index contributed by atoms with van der Waals surface area (Å²) >= 11 is 12.5. The quantitative estimate of drug-likeness (QED) is 0.697. The van der Waals surface area contributed by atoms with Crippen molar-refractivity contribution in [2.75, 3.05) is 5.32 Å². The predicted octanol–water partition coefficient (Wildman–Crippen LogP) is 4.65. The Hall–Kier alpha value is -1.49. The molecule has 1 N–H and O–H groups in total. The van der Waals surface area contributed by atoms with Crippen molar-refractivity contribution < 1.29 is 9.59 Å². The third-order valence-corrected chi connectivity index (χ3v) is 4.49. The van der Waals surface area contributed by atoms with Crippen LogP contribution in [0.15, 0.2) is 46.2 Å². The van der Waals surface area contributed by atoms with E-state index in [2.05, 4.69) is 5.32 Å². The number of nitrogens with one attached hydrogen (secondary N) is 1. The standard InChI is InChI=1S/C14H7Cl2NO2S/c15-13(18)7-1-3-11-9(5-7)17-10-6-8(14(16)19)2-4-12(10)20-11/h1-6,17H. The van der Waals surface area contributed by atoms with Crippen LogP contribution in [0.2, 0.25) is 0 Å². The lowest BCUT2D eigenvalue weighted by Gasteiger charge is -2.21. The molecular formula is C14H7Cl2NO2S. The maximum absolute atomic E-state index is 11.2. The lowest BCUT2D eigenvalue weighted by Crippen LogP contribution is -2.03. The van der Waals surface area contributed by atoms with Crippen LogP contribution in [0.25, 0.3) is 0 Å². The molecule has 0 saturated carbocycles. The first-order valence-corrected chi connectivity index (χ1v) is 7.24. The number of hydrogen-bond acceptors (Lipinski definition) is 4. The van der Waals surface area contributed by atoms with Gasteiger partial charge in [0.2, 0.25) is 0 Å². The molecule has 0 spiro atoms. The number of hydrogen-bond donors (Lipinski definition) is 1. The van der Waals surface area contributed by atoms with Crippen LogP contribution in [0, 0.1) is 0 Å². The molecule has 100 valence electrons. The van der Waals surface area contributed by atoms with Gasteiger partial charge in [-0.2, -0.15) is 0 Å². The number of carbonyl (C=O) groups excluding carboxylic acids is 2. The zero-order valence-corrected chi connectivity index (χ0v) is 12.3. The second-order valence-electron chi connectivity index (χ2n) is 4.20. The number of fused-ring (bicyclic) bond motifs is 2. The molecule has 0 radical (unpaired) electrons. The molecule has 3 nitrogen and oxygen atoms in total. The molecule has 0 bridgehead atoms. The molecule has 0 aliphatic carbocycles. The fourth-order valence-electron chi connectivity index (χ4n) is 1.94. The third-order valence-electron chi connectivity index (χ3n) is 2.90. The van der Waals surface area contributed by atoms with Gasteiger partial charge in [-0.3, -0.25) is 9.59 Å².